The number of hydrogen-bond donors (Lipinski definition) is 1. The zero-order valence-electron chi connectivity index (χ0n) is 8.88. The highest BCUT2D eigenvalue weighted by Crippen LogP contribution is 2.20. The van der Waals surface area contributed by atoms with E-state index in [0.29, 0.717) is 12.2 Å². The van der Waals surface area contributed by atoms with Gasteiger partial charge in [-0.1, -0.05) is 28.1 Å². The number of anilines is 1. The third-order valence-electron chi connectivity index (χ3n) is 2.35. The summed E-state index contributed by atoms with van der Waals surface area (Å²) >= 11 is 3.32. The van der Waals surface area contributed by atoms with Gasteiger partial charge in [-0.25, -0.2) is 8.78 Å². The van der Waals surface area contributed by atoms with Crippen LogP contribution in [0.3, 0.4) is 0 Å². The molecule has 2 rings (SSSR count). The molecule has 1 nitrogen and oxygen atoms in total. The summed E-state index contributed by atoms with van der Waals surface area (Å²) < 4.78 is 27.1. The first kappa shape index (κ1) is 12.0. The summed E-state index contributed by atoms with van der Waals surface area (Å²) in [6.07, 6.45) is 0. The second kappa shape index (κ2) is 5.27. The second-order valence-corrected chi connectivity index (χ2v) is 4.42. The molecule has 0 amide bonds. The number of benzene rings is 2. The largest absolute Gasteiger partial charge is 0.379 e. The molecule has 0 radical (unpaired) electrons. The monoisotopic (exact) mass is 297 g/mol. The van der Waals surface area contributed by atoms with Crippen molar-refractivity contribution in [2.45, 2.75) is 6.54 Å². The summed E-state index contributed by atoms with van der Waals surface area (Å²) in [7, 11) is 0. The zero-order chi connectivity index (χ0) is 12.3. The molecule has 17 heavy (non-hydrogen) atoms. The van der Waals surface area contributed by atoms with Gasteiger partial charge in [0, 0.05) is 11.0 Å². The van der Waals surface area contributed by atoms with Crippen LogP contribution in [0.2, 0.25) is 0 Å². The standard InChI is InChI=1S/C13H10BrF2N/c14-11-6-5-10(15)7-9(11)8-17-13-4-2-1-3-12(13)16/h1-7,17H,8H2. The molecule has 0 unspecified atom stereocenters. The van der Waals surface area contributed by atoms with Gasteiger partial charge in [-0.3, -0.25) is 0 Å². The van der Waals surface area contributed by atoms with Crippen LogP contribution in [-0.2, 0) is 6.54 Å². The predicted octanol–water partition coefficient (Wildman–Crippen LogP) is 4.34. The maximum atomic E-state index is 13.3. The van der Waals surface area contributed by atoms with Gasteiger partial charge >= 0.3 is 0 Å². The molecule has 0 saturated carbocycles. The Kier molecular flexibility index (Phi) is 3.74. The molecular weight excluding hydrogens is 288 g/mol. The molecule has 0 spiro atoms. The van der Waals surface area contributed by atoms with Crippen LogP contribution in [0.25, 0.3) is 0 Å². The van der Waals surface area contributed by atoms with Crippen LogP contribution < -0.4 is 5.32 Å². The number of hydrogen-bond acceptors (Lipinski definition) is 1. The Balaban J connectivity index is 2.12. The molecule has 2 aromatic carbocycles. The average molecular weight is 298 g/mol. The molecular formula is C13H10BrF2N. The van der Waals surface area contributed by atoms with Crippen molar-refractivity contribution < 1.29 is 8.78 Å². The molecule has 0 aliphatic rings. The molecule has 0 saturated heterocycles. The highest BCUT2D eigenvalue weighted by Gasteiger charge is 2.04. The van der Waals surface area contributed by atoms with Crippen LogP contribution in [0.5, 0.6) is 0 Å². The van der Waals surface area contributed by atoms with E-state index in [1.807, 2.05) is 0 Å². The van der Waals surface area contributed by atoms with Crippen molar-refractivity contribution in [1.82, 2.24) is 0 Å². The van der Waals surface area contributed by atoms with Gasteiger partial charge in [0.1, 0.15) is 11.6 Å². The Morgan fingerprint density at radius 1 is 1.06 bits per heavy atom. The van der Waals surface area contributed by atoms with Gasteiger partial charge < -0.3 is 5.32 Å². The van der Waals surface area contributed by atoms with Gasteiger partial charge in [-0.05, 0) is 35.9 Å². The smallest absolute Gasteiger partial charge is 0.146 e. The van der Waals surface area contributed by atoms with E-state index in [-0.39, 0.29) is 11.6 Å². The molecule has 0 atom stereocenters. The molecule has 0 bridgehead atoms. The van der Waals surface area contributed by atoms with E-state index < -0.39 is 0 Å². The minimum atomic E-state index is -0.319. The fraction of sp³-hybridized carbons (Fsp3) is 0.0769. The lowest BCUT2D eigenvalue weighted by Crippen LogP contribution is -2.02. The molecule has 1 N–H and O–H groups in total. The summed E-state index contributed by atoms with van der Waals surface area (Å²) in [5.41, 5.74) is 1.15. The SMILES string of the molecule is Fc1ccc(Br)c(CNc2ccccc2F)c1. The normalized spacial score (nSPS) is 10.3. The van der Waals surface area contributed by atoms with E-state index in [0.717, 1.165) is 10.0 Å². The van der Waals surface area contributed by atoms with Crippen molar-refractivity contribution in [2.24, 2.45) is 0 Å². The Morgan fingerprint density at radius 2 is 1.82 bits per heavy atom. The molecule has 4 heteroatoms. The molecule has 0 aliphatic heterocycles. The van der Waals surface area contributed by atoms with Gasteiger partial charge in [0.15, 0.2) is 0 Å². The fourth-order valence-corrected chi connectivity index (χ4v) is 1.86. The van der Waals surface area contributed by atoms with Gasteiger partial charge in [0.05, 0.1) is 5.69 Å². The van der Waals surface area contributed by atoms with Crippen LogP contribution in [0.1, 0.15) is 5.56 Å². The minimum absolute atomic E-state index is 0.307. The third-order valence-corrected chi connectivity index (χ3v) is 3.12. The molecule has 0 heterocycles. The van der Waals surface area contributed by atoms with Crippen molar-refractivity contribution >= 4 is 21.6 Å². The van der Waals surface area contributed by atoms with Crippen LogP contribution >= 0.6 is 15.9 Å². The first-order valence-corrected chi connectivity index (χ1v) is 5.88. The van der Waals surface area contributed by atoms with E-state index in [2.05, 4.69) is 21.2 Å². The number of nitrogens with one attached hydrogen (secondary N) is 1. The van der Waals surface area contributed by atoms with Crippen LogP contribution in [0.15, 0.2) is 46.9 Å². The molecule has 88 valence electrons. The van der Waals surface area contributed by atoms with Gasteiger partial charge in [0.2, 0.25) is 0 Å². The van der Waals surface area contributed by atoms with Crippen LogP contribution in [0, 0.1) is 11.6 Å². The maximum absolute atomic E-state index is 13.3. The van der Waals surface area contributed by atoms with E-state index in [4.69, 9.17) is 0 Å². The molecule has 0 aliphatic carbocycles. The maximum Gasteiger partial charge on any atom is 0.146 e. The van der Waals surface area contributed by atoms with Crippen LogP contribution in [-0.4, -0.2) is 0 Å². The van der Waals surface area contributed by atoms with Crippen molar-refractivity contribution in [3.05, 3.63) is 64.1 Å². The quantitative estimate of drug-likeness (QED) is 0.889. The Hall–Kier alpha value is -1.42. The van der Waals surface area contributed by atoms with Crippen molar-refractivity contribution in [2.75, 3.05) is 5.32 Å². The van der Waals surface area contributed by atoms with Crippen molar-refractivity contribution in [1.29, 1.82) is 0 Å². The molecule has 2 aromatic rings. The predicted molar refractivity (Wildman–Crippen MR) is 67.8 cm³/mol. The second-order valence-electron chi connectivity index (χ2n) is 3.57. The topological polar surface area (TPSA) is 12.0 Å². The van der Waals surface area contributed by atoms with E-state index >= 15 is 0 Å². The first-order chi connectivity index (χ1) is 8.16. The van der Waals surface area contributed by atoms with Gasteiger partial charge in [0.25, 0.3) is 0 Å². The number of halogens is 3. The minimum Gasteiger partial charge on any atom is -0.379 e. The Labute approximate surface area is 107 Å². The zero-order valence-corrected chi connectivity index (χ0v) is 10.5. The Morgan fingerprint density at radius 3 is 2.59 bits per heavy atom. The summed E-state index contributed by atoms with van der Waals surface area (Å²) in [4.78, 5) is 0. The van der Waals surface area contributed by atoms with Crippen LogP contribution in [0.4, 0.5) is 14.5 Å². The van der Waals surface area contributed by atoms with Gasteiger partial charge in [-0.15, -0.1) is 0 Å². The lowest BCUT2D eigenvalue weighted by Gasteiger charge is -2.09. The summed E-state index contributed by atoms with van der Waals surface area (Å²) in [6, 6.07) is 10.8. The van der Waals surface area contributed by atoms with Gasteiger partial charge in [-0.2, -0.15) is 0 Å². The highest BCUT2D eigenvalue weighted by molar-refractivity contribution is 9.10. The van der Waals surface area contributed by atoms with E-state index in [1.54, 1.807) is 24.3 Å². The fourth-order valence-electron chi connectivity index (χ4n) is 1.47. The Bertz CT molecular complexity index is 529. The average Bonchev–Trinajstić information content (AvgIpc) is 2.32. The summed E-state index contributed by atoms with van der Waals surface area (Å²) in [5.74, 6) is -0.626. The summed E-state index contributed by atoms with van der Waals surface area (Å²) in [6.45, 7) is 0.360. The lowest BCUT2D eigenvalue weighted by atomic mass is 10.2. The number of para-hydroxylation sites is 1. The van der Waals surface area contributed by atoms with Crippen molar-refractivity contribution in [3.8, 4) is 0 Å². The third kappa shape index (κ3) is 3.03. The first-order valence-electron chi connectivity index (χ1n) is 5.09. The molecule has 0 aromatic heterocycles. The van der Waals surface area contributed by atoms with E-state index in [1.165, 1.54) is 18.2 Å². The highest BCUT2D eigenvalue weighted by atomic mass is 79.9. The van der Waals surface area contributed by atoms with Crippen molar-refractivity contribution in [3.63, 3.8) is 0 Å². The summed E-state index contributed by atoms with van der Waals surface area (Å²) in [5, 5.41) is 2.93. The lowest BCUT2D eigenvalue weighted by molar-refractivity contribution is 0.624. The molecule has 0 fully saturated rings. The number of rotatable bonds is 3. The van der Waals surface area contributed by atoms with E-state index in [9.17, 15) is 8.78 Å².